The molecule has 4 heterocycles. The fourth-order valence-electron chi connectivity index (χ4n) is 3.43. The predicted molar refractivity (Wildman–Crippen MR) is 89.5 cm³/mol. The van der Waals surface area contributed by atoms with Crippen LogP contribution in [0.2, 0.25) is 0 Å². The lowest BCUT2D eigenvalue weighted by molar-refractivity contribution is -0.134. The normalized spacial score (nSPS) is 23.0. The van der Waals surface area contributed by atoms with Gasteiger partial charge in [-0.05, 0) is 13.5 Å². The number of anilines is 2. The molecule has 126 valence electrons. The molecule has 2 aromatic rings. The third-order valence-corrected chi connectivity index (χ3v) is 5.49. The summed E-state index contributed by atoms with van der Waals surface area (Å²) in [4.78, 5) is 32.1. The topological polar surface area (TPSA) is 83.4 Å². The molecule has 2 aliphatic heterocycles. The number of aromatic nitrogens is 3. The van der Waals surface area contributed by atoms with Gasteiger partial charge in [0.2, 0.25) is 5.91 Å². The molecule has 2 saturated heterocycles. The largest absolute Gasteiger partial charge is 0.335 e. The van der Waals surface area contributed by atoms with E-state index in [1.807, 2.05) is 4.90 Å². The maximum atomic E-state index is 12.5. The summed E-state index contributed by atoms with van der Waals surface area (Å²) in [5.41, 5.74) is 0. The maximum absolute atomic E-state index is 12.5. The Labute approximate surface area is 143 Å². The van der Waals surface area contributed by atoms with Gasteiger partial charge in [-0.15, -0.1) is 0 Å². The summed E-state index contributed by atoms with van der Waals surface area (Å²) in [5, 5.41) is 8.00. The van der Waals surface area contributed by atoms with Gasteiger partial charge in [0, 0.05) is 37.4 Å². The van der Waals surface area contributed by atoms with Crippen molar-refractivity contribution >= 4 is 34.5 Å². The van der Waals surface area contributed by atoms with E-state index in [0.29, 0.717) is 27.9 Å². The molecule has 24 heavy (non-hydrogen) atoms. The number of likely N-dealkylation sites (N-methyl/N-ethyl adjacent to an activating group) is 1. The second-order valence-corrected chi connectivity index (χ2v) is 7.30. The van der Waals surface area contributed by atoms with Crippen molar-refractivity contribution in [3.05, 3.63) is 23.3 Å². The zero-order valence-corrected chi connectivity index (χ0v) is 14.1. The van der Waals surface area contributed by atoms with Crippen molar-refractivity contribution in [2.75, 3.05) is 25.5 Å². The van der Waals surface area contributed by atoms with E-state index in [1.54, 1.807) is 16.9 Å². The molecule has 2 aliphatic rings. The highest BCUT2D eigenvalue weighted by atomic mass is 32.1. The van der Waals surface area contributed by atoms with Gasteiger partial charge in [-0.1, -0.05) is 11.3 Å². The number of thiazole rings is 1. The summed E-state index contributed by atoms with van der Waals surface area (Å²) in [6, 6.07) is 2.64. The van der Waals surface area contributed by atoms with Crippen molar-refractivity contribution in [2.45, 2.75) is 25.0 Å². The first-order valence-electron chi connectivity index (χ1n) is 7.83. The molecular weight excluding hydrogens is 328 g/mol. The summed E-state index contributed by atoms with van der Waals surface area (Å²) < 4.78 is 1.63. The summed E-state index contributed by atoms with van der Waals surface area (Å²) in [6.07, 6.45) is 5.13. The minimum atomic E-state index is 0.114. The average molecular weight is 346 g/mol. The molecule has 0 aromatic carbocycles. The van der Waals surface area contributed by atoms with E-state index >= 15 is 0 Å². The van der Waals surface area contributed by atoms with Crippen LogP contribution in [0.1, 0.15) is 16.1 Å². The van der Waals surface area contributed by atoms with Crippen molar-refractivity contribution in [1.82, 2.24) is 24.6 Å². The van der Waals surface area contributed by atoms with Gasteiger partial charge in [0.25, 0.3) is 0 Å². The zero-order chi connectivity index (χ0) is 16.7. The number of hydrogen-bond donors (Lipinski definition) is 1. The molecule has 0 saturated carbocycles. The SMILES string of the molecule is CN1CC2CC1CN2C(=O)Cn1ccc(Nc2ncc(C=O)s2)n1. The third-order valence-electron chi connectivity index (χ3n) is 4.65. The van der Waals surface area contributed by atoms with Gasteiger partial charge < -0.3 is 10.2 Å². The Hall–Kier alpha value is -2.26. The second-order valence-electron chi connectivity index (χ2n) is 6.24. The van der Waals surface area contributed by atoms with Gasteiger partial charge in [-0.25, -0.2) is 4.98 Å². The summed E-state index contributed by atoms with van der Waals surface area (Å²) in [7, 11) is 2.12. The average Bonchev–Trinajstić information content (AvgIpc) is 3.31. The van der Waals surface area contributed by atoms with E-state index in [4.69, 9.17) is 0 Å². The highest BCUT2D eigenvalue weighted by Gasteiger charge is 2.43. The molecule has 2 fully saturated rings. The number of piperazine rings is 1. The first-order valence-corrected chi connectivity index (χ1v) is 8.65. The van der Waals surface area contributed by atoms with E-state index in [-0.39, 0.29) is 12.5 Å². The Morgan fingerprint density at radius 2 is 2.33 bits per heavy atom. The van der Waals surface area contributed by atoms with Gasteiger partial charge in [0.1, 0.15) is 6.54 Å². The first-order chi connectivity index (χ1) is 11.6. The Morgan fingerprint density at radius 1 is 1.46 bits per heavy atom. The number of rotatable bonds is 5. The van der Waals surface area contributed by atoms with Crippen LogP contribution in [0.15, 0.2) is 18.5 Å². The van der Waals surface area contributed by atoms with Gasteiger partial charge in [-0.2, -0.15) is 5.10 Å². The molecule has 0 aliphatic carbocycles. The summed E-state index contributed by atoms with van der Waals surface area (Å²) >= 11 is 1.26. The molecule has 2 aromatic heterocycles. The number of nitrogens with zero attached hydrogens (tertiary/aromatic N) is 5. The first kappa shape index (κ1) is 15.3. The highest BCUT2D eigenvalue weighted by Crippen LogP contribution is 2.29. The number of fused-ring (bicyclic) bond motifs is 2. The highest BCUT2D eigenvalue weighted by molar-refractivity contribution is 7.17. The summed E-state index contributed by atoms with van der Waals surface area (Å²) in [6.45, 7) is 2.03. The summed E-state index contributed by atoms with van der Waals surface area (Å²) in [5.74, 6) is 0.722. The standard InChI is InChI=1S/C15H18N6O2S/c1-19-6-11-4-10(19)7-21(11)14(23)8-20-3-2-13(18-20)17-15-16-5-12(9-22)24-15/h2-3,5,9-11H,4,6-8H2,1H3,(H,16,17,18). The van der Waals surface area contributed by atoms with Gasteiger partial charge in [0.05, 0.1) is 11.1 Å². The Morgan fingerprint density at radius 3 is 3.00 bits per heavy atom. The van der Waals surface area contributed by atoms with Crippen LogP contribution in [0, 0.1) is 0 Å². The smallest absolute Gasteiger partial charge is 0.244 e. The number of likely N-dealkylation sites (tertiary alicyclic amines) is 2. The molecule has 2 unspecified atom stereocenters. The van der Waals surface area contributed by atoms with E-state index in [1.165, 1.54) is 17.5 Å². The van der Waals surface area contributed by atoms with E-state index < -0.39 is 0 Å². The van der Waals surface area contributed by atoms with Crippen molar-refractivity contribution in [3.63, 3.8) is 0 Å². The maximum Gasteiger partial charge on any atom is 0.244 e. The van der Waals surface area contributed by atoms with Crippen molar-refractivity contribution in [2.24, 2.45) is 0 Å². The Kier molecular flexibility index (Phi) is 3.81. The van der Waals surface area contributed by atoms with E-state index in [2.05, 4.69) is 27.3 Å². The molecule has 8 nitrogen and oxygen atoms in total. The van der Waals surface area contributed by atoms with Crippen LogP contribution >= 0.6 is 11.3 Å². The molecule has 4 rings (SSSR count). The predicted octanol–water partition coefficient (Wildman–Crippen LogP) is 0.811. The molecule has 1 amide bonds. The van der Waals surface area contributed by atoms with Crippen LogP contribution in [-0.4, -0.2) is 69.0 Å². The second kappa shape index (κ2) is 5.99. The zero-order valence-electron chi connectivity index (χ0n) is 13.3. The molecule has 2 atom stereocenters. The van der Waals surface area contributed by atoms with Crippen molar-refractivity contribution in [1.29, 1.82) is 0 Å². The van der Waals surface area contributed by atoms with E-state index in [0.717, 1.165) is 25.8 Å². The van der Waals surface area contributed by atoms with Gasteiger partial charge in [-0.3, -0.25) is 19.2 Å². The molecule has 0 radical (unpaired) electrons. The quantitative estimate of drug-likeness (QED) is 0.807. The van der Waals surface area contributed by atoms with Gasteiger partial charge >= 0.3 is 0 Å². The van der Waals surface area contributed by atoms with Gasteiger partial charge in [0.15, 0.2) is 17.2 Å². The Bertz CT molecular complexity index is 770. The number of hydrogen-bond acceptors (Lipinski definition) is 7. The fourth-order valence-corrected chi connectivity index (χ4v) is 4.06. The fraction of sp³-hybridized carbons (Fsp3) is 0.467. The lowest BCUT2D eigenvalue weighted by atomic mass is 10.2. The molecule has 9 heteroatoms. The monoisotopic (exact) mass is 346 g/mol. The van der Waals surface area contributed by atoms with E-state index in [9.17, 15) is 9.59 Å². The lowest BCUT2D eigenvalue weighted by Crippen LogP contribution is -2.48. The number of carbonyl (C=O) groups is 2. The van der Waals surface area contributed by atoms with Crippen LogP contribution < -0.4 is 5.32 Å². The van der Waals surface area contributed by atoms with Crippen LogP contribution in [0.4, 0.5) is 10.9 Å². The molecule has 2 bridgehead atoms. The van der Waals surface area contributed by atoms with Crippen LogP contribution in [-0.2, 0) is 11.3 Å². The van der Waals surface area contributed by atoms with Crippen LogP contribution in [0.5, 0.6) is 0 Å². The third kappa shape index (κ3) is 2.80. The van der Waals surface area contributed by atoms with Crippen molar-refractivity contribution in [3.8, 4) is 0 Å². The molecular formula is C15H18N6O2S. The van der Waals surface area contributed by atoms with Crippen molar-refractivity contribution < 1.29 is 9.59 Å². The lowest BCUT2D eigenvalue weighted by Gasteiger charge is -2.31. The van der Waals surface area contributed by atoms with Crippen LogP contribution in [0.25, 0.3) is 0 Å². The number of nitrogens with one attached hydrogen (secondary N) is 1. The number of amides is 1. The Balaban J connectivity index is 1.37. The number of aldehydes is 1. The van der Waals surface area contributed by atoms with Crippen LogP contribution in [0.3, 0.4) is 0 Å². The molecule has 0 spiro atoms. The minimum absolute atomic E-state index is 0.114. The number of carbonyl (C=O) groups excluding carboxylic acids is 2. The minimum Gasteiger partial charge on any atom is -0.335 e. The molecule has 1 N–H and O–H groups in total.